The fourth-order valence-corrected chi connectivity index (χ4v) is 16.3. The van der Waals surface area contributed by atoms with Gasteiger partial charge in [0.15, 0.2) is 0 Å². The molecule has 0 aliphatic rings. The summed E-state index contributed by atoms with van der Waals surface area (Å²) < 4.78 is 8.91. The maximum absolute atomic E-state index is 3.99. The Bertz CT molecular complexity index is 706. The molecule has 0 radical (unpaired) electrons. The van der Waals surface area contributed by atoms with Gasteiger partial charge in [0.05, 0.1) is 9.40 Å². The molecule has 0 spiro atoms. The molecule has 2 heterocycles. The molecule has 0 unspecified atom stereocenters. The Morgan fingerprint density at radius 1 is 0.625 bits per heavy atom. The first kappa shape index (κ1) is 21.4. The van der Waals surface area contributed by atoms with Gasteiger partial charge in [0.2, 0.25) is 0 Å². The average molecular weight is 527 g/mol. The van der Waals surface area contributed by atoms with E-state index in [1.165, 1.54) is 18.3 Å². The topological polar surface area (TPSA) is 0 Å². The molecule has 0 aliphatic heterocycles. The number of rotatable bonds is 2. The highest BCUT2D eigenvalue weighted by Gasteiger charge is 2.43. The first-order valence-electron chi connectivity index (χ1n) is 8.44. The Kier molecular flexibility index (Phi) is 5.60. The number of thiophene rings is 2. The summed E-state index contributed by atoms with van der Waals surface area (Å²) in [5, 5.41) is 0.717. The minimum absolute atomic E-state index is 0.358. The van der Waals surface area contributed by atoms with Crippen LogP contribution in [0.25, 0.3) is 9.40 Å². The predicted octanol–water partition coefficient (Wildman–Crippen LogP) is 7.92. The lowest BCUT2D eigenvalue weighted by Gasteiger charge is -2.37. The molecule has 2 aromatic heterocycles. The normalized spacial score (nSPS) is 14.7. The van der Waals surface area contributed by atoms with Gasteiger partial charge in [0.25, 0.3) is 0 Å². The second-order valence-electron chi connectivity index (χ2n) is 9.90. The second-order valence-corrected chi connectivity index (χ2v) is 24.8. The lowest BCUT2D eigenvalue weighted by molar-refractivity contribution is 0.730. The second kappa shape index (κ2) is 6.30. The van der Waals surface area contributed by atoms with Crippen LogP contribution in [0.5, 0.6) is 0 Å². The summed E-state index contributed by atoms with van der Waals surface area (Å²) in [4.78, 5) is 0. The molecule has 136 valence electrons. The Balaban J connectivity index is 2.71. The zero-order valence-electron chi connectivity index (χ0n) is 16.6. The van der Waals surface area contributed by atoms with E-state index >= 15 is 0 Å². The van der Waals surface area contributed by atoms with Gasteiger partial charge in [-0.25, -0.2) is 0 Å². The molecular formula is C18H30Br2S2Si2. The molecule has 0 saturated heterocycles. The largest absolute Gasteiger partial charge is 0.142 e. The molecule has 0 fully saturated rings. The summed E-state index contributed by atoms with van der Waals surface area (Å²) in [5.41, 5.74) is 0. The van der Waals surface area contributed by atoms with Gasteiger partial charge in [-0.1, -0.05) is 67.7 Å². The minimum Gasteiger partial charge on any atom is -0.142 e. The van der Waals surface area contributed by atoms with Crippen LogP contribution in [0.3, 0.4) is 0 Å². The number of halogens is 2. The summed E-state index contributed by atoms with van der Waals surface area (Å²) in [6.45, 7) is 24.4. The third kappa shape index (κ3) is 3.22. The number of fused-ring (bicyclic) bond motifs is 1. The fourth-order valence-electron chi connectivity index (χ4n) is 2.37. The van der Waals surface area contributed by atoms with Gasteiger partial charge in [-0.3, -0.25) is 0 Å². The molecule has 24 heavy (non-hydrogen) atoms. The lowest BCUT2D eigenvalue weighted by Crippen LogP contribution is -2.49. The van der Waals surface area contributed by atoms with Crippen molar-refractivity contribution >= 4 is 89.1 Å². The van der Waals surface area contributed by atoms with Crippen LogP contribution in [0.15, 0.2) is 8.95 Å². The maximum Gasteiger partial charge on any atom is 0.100 e. The highest BCUT2D eigenvalue weighted by molar-refractivity contribution is 9.11. The molecule has 0 aliphatic carbocycles. The molecule has 0 bridgehead atoms. The molecule has 0 aromatic carbocycles. The van der Waals surface area contributed by atoms with Gasteiger partial charge in [0, 0.05) is 17.9 Å². The Labute approximate surface area is 174 Å². The van der Waals surface area contributed by atoms with Crippen LogP contribution >= 0.6 is 54.5 Å². The van der Waals surface area contributed by atoms with Crippen molar-refractivity contribution in [2.45, 2.75) is 77.8 Å². The summed E-state index contributed by atoms with van der Waals surface area (Å²) in [6, 6.07) is 0. The van der Waals surface area contributed by atoms with Crippen LogP contribution in [-0.2, 0) is 0 Å². The first-order valence-corrected chi connectivity index (χ1v) is 17.7. The monoisotopic (exact) mass is 524 g/mol. The van der Waals surface area contributed by atoms with Crippen LogP contribution in [0.4, 0.5) is 0 Å². The van der Waals surface area contributed by atoms with E-state index in [2.05, 4.69) is 99.6 Å². The zero-order valence-corrected chi connectivity index (χ0v) is 23.4. The number of hydrogen-bond acceptors (Lipinski definition) is 2. The van der Waals surface area contributed by atoms with Crippen molar-refractivity contribution in [3.05, 3.63) is 8.95 Å². The average Bonchev–Trinajstić information content (AvgIpc) is 2.86. The van der Waals surface area contributed by atoms with Crippen LogP contribution in [0.1, 0.15) is 41.5 Å². The van der Waals surface area contributed by atoms with E-state index in [0.29, 0.717) is 10.1 Å². The van der Waals surface area contributed by atoms with Crippen molar-refractivity contribution in [3.8, 4) is 0 Å². The van der Waals surface area contributed by atoms with E-state index in [9.17, 15) is 0 Å². The Morgan fingerprint density at radius 2 is 0.875 bits per heavy atom. The fraction of sp³-hybridized carbons (Fsp3) is 0.667. The molecule has 0 saturated carbocycles. The smallest absolute Gasteiger partial charge is 0.100 e. The highest BCUT2D eigenvalue weighted by atomic mass is 79.9. The van der Waals surface area contributed by atoms with Crippen LogP contribution < -0.4 is 9.00 Å². The van der Waals surface area contributed by atoms with Gasteiger partial charge in [0.1, 0.15) is 16.1 Å². The summed E-state index contributed by atoms with van der Waals surface area (Å²) in [5.74, 6) is 0. The van der Waals surface area contributed by atoms with Crippen molar-refractivity contribution in [1.29, 1.82) is 0 Å². The molecule has 6 heteroatoms. The molecule has 0 amide bonds. The predicted molar refractivity (Wildman–Crippen MR) is 129 cm³/mol. The van der Waals surface area contributed by atoms with Gasteiger partial charge in [-0.2, -0.15) is 0 Å². The Morgan fingerprint density at radius 3 is 1.08 bits per heavy atom. The maximum atomic E-state index is 3.99. The third-order valence-corrected chi connectivity index (χ3v) is 25.8. The summed E-state index contributed by atoms with van der Waals surface area (Å²) in [7, 11) is -3.05. The molecule has 0 nitrogen and oxygen atoms in total. The van der Waals surface area contributed by atoms with Crippen molar-refractivity contribution in [2.24, 2.45) is 0 Å². The van der Waals surface area contributed by atoms with E-state index < -0.39 is 16.1 Å². The van der Waals surface area contributed by atoms with Crippen LogP contribution in [-0.4, -0.2) is 16.1 Å². The van der Waals surface area contributed by atoms with Crippen LogP contribution in [0.2, 0.25) is 36.3 Å². The van der Waals surface area contributed by atoms with E-state index in [1.54, 1.807) is 9.00 Å². The van der Waals surface area contributed by atoms with E-state index in [1.807, 2.05) is 22.7 Å². The van der Waals surface area contributed by atoms with Gasteiger partial charge in [-0.05, 0) is 41.9 Å². The first-order chi connectivity index (χ1) is 10.5. The van der Waals surface area contributed by atoms with Crippen molar-refractivity contribution in [2.75, 3.05) is 0 Å². The van der Waals surface area contributed by atoms with Crippen molar-refractivity contribution in [1.82, 2.24) is 0 Å². The molecule has 0 N–H and O–H groups in total. The zero-order chi connectivity index (χ0) is 18.9. The number of hydrogen-bond donors (Lipinski definition) is 0. The van der Waals surface area contributed by atoms with Gasteiger partial charge < -0.3 is 0 Å². The lowest BCUT2D eigenvalue weighted by atomic mass is 10.2. The van der Waals surface area contributed by atoms with Crippen molar-refractivity contribution < 1.29 is 0 Å². The Hall–Kier alpha value is 1.05. The highest BCUT2D eigenvalue weighted by Crippen LogP contribution is 2.47. The van der Waals surface area contributed by atoms with E-state index in [-0.39, 0.29) is 0 Å². The summed E-state index contributed by atoms with van der Waals surface area (Å²) in [6.07, 6.45) is 0. The standard InChI is InChI=1S/C18H30Br2S2Si2/c1-17(2,3)23(7,8)15-11(19)13-14(21-15)12(20)16(22-13)24(9,10)18(4,5)6/h1-10H3. The third-order valence-electron chi connectivity index (χ3n) is 6.30. The summed E-state index contributed by atoms with van der Waals surface area (Å²) >= 11 is 12.1. The minimum atomic E-state index is -1.53. The molecular weight excluding hydrogens is 496 g/mol. The van der Waals surface area contributed by atoms with Crippen molar-refractivity contribution in [3.63, 3.8) is 0 Å². The quantitative estimate of drug-likeness (QED) is 0.349. The van der Waals surface area contributed by atoms with E-state index in [0.717, 1.165) is 0 Å². The SMILES string of the molecule is CC(C)(C)[Si](C)(C)c1sc2c(Br)c([Si](C)(C)C(C)(C)C)sc2c1Br. The van der Waals surface area contributed by atoms with Crippen LogP contribution in [0, 0.1) is 0 Å². The van der Waals surface area contributed by atoms with Gasteiger partial charge in [-0.15, -0.1) is 22.7 Å². The molecule has 2 rings (SSSR count). The molecule has 2 aromatic rings. The van der Waals surface area contributed by atoms with E-state index in [4.69, 9.17) is 0 Å². The molecule has 0 atom stereocenters. The van der Waals surface area contributed by atoms with Gasteiger partial charge >= 0.3 is 0 Å².